The average molecular weight is 286 g/mol. The number of anilines is 1. The van der Waals surface area contributed by atoms with E-state index in [0.717, 1.165) is 11.1 Å². The second-order valence-corrected chi connectivity index (χ2v) is 4.95. The summed E-state index contributed by atoms with van der Waals surface area (Å²) < 4.78 is 0. The predicted octanol–water partition coefficient (Wildman–Crippen LogP) is 2.92. The highest BCUT2D eigenvalue weighted by atomic mass is 16.6. The second kappa shape index (κ2) is 6.85. The minimum absolute atomic E-state index is 0.0295. The summed E-state index contributed by atoms with van der Waals surface area (Å²) >= 11 is 0. The van der Waals surface area contributed by atoms with Crippen molar-refractivity contribution in [2.75, 3.05) is 11.9 Å². The maximum atomic E-state index is 11.0. The number of nitro groups is 1. The first-order valence-electron chi connectivity index (χ1n) is 6.78. The van der Waals surface area contributed by atoms with Crippen LogP contribution in [-0.2, 0) is 6.42 Å². The molecule has 0 aliphatic rings. The SMILES string of the molecule is Cc1cccc([N+](=O)[O-])c1NCC(O)Cc1ccccc1. The molecule has 1 atom stereocenters. The second-order valence-electron chi connectivity index (χ2n) is 4.95. The zero-order chi connectivity index (χ0) is 15.2. The van der Waals surface area contributed by atoms with Crippen molar-refractivity contribution in [2.24, 2.45) is 0 Å². The van der Waals surface area contributed by atoms with Gasteiger partial charge in [-0.1, -0.05) is 42.5 Å². The molecule has 0 saturated carbocycles. The third-order valence-corrected chi connectivity index (χ3v) is 3.28. The number of aliphatic hydroxyl groups is 1. The van der Waals surface area contributed by atoms with Crippen molar-refractivity contribution in [3.05, 3.63) is 69.8 Å². The molecule has 1 unspecified atom stereocenters. The maximum absolute atomic E-state index is 11.0. The van der Waals surface area contributed by atoms with Crippen molar-refractivity contribution >= 4 is 11.4 Å². The molecule has 0 aliphatic carbocycles. The number of aryl methyl sites for hydroxylation is 1. The molecule has 0 radical (unpaired) electrons. The van der Waals surface area contributed by atoms with Gasteiger partial charge in [0.15, 0.2) is 0 Å². The van der Waals surface area contributed by atoms with Crippen LogP contribution in [0.4, 0.5) is 11.4 Å². The molecule has 0 heterocycles. The Morgan fingerprint density at radius 1 is 1.19 bits per heavy atom. The lowest BCUT2D eigenvalue weighted by Crippen LogP contribution is -2.22. The van der Waals surface area contributed by atoms with Crippen LogP contribution in [-0.4, -0.2) is 22.7 Å². The van der Waals surface area contributed by atoms with Gasteiger partial charge in [-0.05, 0) is 18.1 Å². The number of aliphatic hydroxyl groups excluding tert-OH is 1. The van der Waals surface area contributed by atoms with Gasteiger partial charge in [-0.15, -0.1) is 0 Å². The Balaban J connectivity index is 2.01. The molecule has 0 aliphatic heterocycles. The molecule has 5 nitrogen and oxygen atoms in total. The van der Waals surface area contributed by atoms with E-state index in [4.69, 9.17) is 0 Å². The van der Waals surface area contributed by atoms with E-state index in [1.807, 2.05) is 30.3 Å². The quantitative estimate of drug-likeness (QED) is 0.632. The highest BCUT2D eigenvalue weighted by molar-refractivity contribution is 5.66. The molecule has 0 spiro atoms. The first-order chi connectivity index (χ1) is 10.1. The first-order valence-corrected chi connectivity index (χ1v) is 6.78. The fourth-order valence-electron chi connectivity index (χ4n) is 2.21. The summed E-state index contributed by atoms with van der Waals surface area (Å²) in [5, 5.41) is 24.1. The monoisotopic (exact) mass is 286 g/mol. The van der Waals surface area contributed by atoms with Crippen LogP contribution in [0, 0.1) is 17.0 Å². The summed E-state index contributed by atoms with van der Waals surface area (Å²) in [6, 6.07) is 14.6. The molecule has 0 aromatic heterocycles. The van der Waals surface area contributed by atoms with Gasteiger partial charge in [0.1, 0.15) is 5.69 Å². The molecule has 2 rings (SSSR count). The summed E-state index contributed by atoms with van der Waals surface area (Å²) in [7, 11) is 0. The van der Waals surface area contributed by atoms with E-state index in [9.17, 15) is 15.2 Å². The van der Waals surface area contributed by atoms with Crippen LogP contribution in [0.25, 0.3) is 0 Å². The zero-order valence-electron chi connectivity index (χ0n) is 11.8. The van der Waals surface area contributed by atoms with Gasteiger partial charge >= 0.3 is 0 Å². The molecule has 0 amide bonds. The number of hydrogen-bond acceptors (Lipinski definition) is 4. The molecule has 2 aromatic carbocycles. The number of hydrogen-bond donors (Lipinski definition) is 2. The van der Waals surface area contributed by atoms with Gasteiger partial charge in [0.05, 0.1) is 11.0 Å². The Morgan fingerprint density at radius 2 is 1.90 bits per heavy atom. The molecule has 0 fully saturated rings. The normalized spacial score (nSPS) is 11.9. The van der Waals surface area contributed by atoms with Gasteiger partial charge in [0.2, 0.25) is 0 Å². The van der Waals surface area contributed by atoms with Crippen LogP contribution in [0.5, 0.6) is 0 Å². The Kier molecular flexibility index (Phi) is 4.90. The highest BCUT2D eigenvalue weighted by Gasteiger charge is 2.16. The fraction of sp³-hybridized carbons (Fsp3) is 0.250. The van der Waals surface area contributed by atoms with E-state index < -0.39 is 11.0 Å². The van der Waals surface area contributed by atoms with E-state index in [1.54, 1.807) is 19.1 Å². The van der Waals surface area contributed by atoms with Gasteiger partial charge in [0.25, 0.3) is 5.69 Å². The molecule has 110 valence electrons. The predicted molar refractivity (Wildman–Crippen MR) is 82.5 cm³/mol. The first kappa shape index (κ1) is 15.0. The van der Waals surface area contributed by atoms with Gasteiger partial charge in [-0.25, -0.2) is 0 Å². The van der Waals surface area contributed by atoms with Crippen LogP contribution in [0.1, 0.15) is 11.1 Å². The third-order valence-electron chi connectivity index (χ3n) is 3.28. The lowest BCUT2D eigenvalue weighted by atomic mass is 10.1. The zero-order valence-corrected chi connectivity index (χ0v) is 11.8. The van der Waals surface area contributed by atoms with Crippen LogP contribution in [0.3, 0.4) is 0 Å². The number of nitrogens with one attached hydrogen (secondary N) is 1. The summed E-state index contributed by atoms with van der Waals surface area (Å²) in [5.74, 6) is 0. The minimum Gasteiger partial charge on any atom is -0.391 e. The maximum Gasteiger partial charge on any atom is 0.292 e. The summed E-state index contributed by atoms with van der Waals surface area (Å²) in [4.78, 5) is 10.6. The molecular formula is C16H18N2O3. The molecule has 5 heteroatoms. The Morgan fingerprint density at radius 3 is 2.57 bits per heavy atom. The molecule has 0 saturated heterocycles. The van der Waals surface area contributed by atoms with Crippen LogP contribution in [0.2, 0.25) is 0 Å². The Hall–Kier alpha value is -2.40. The molecule has 2 N–H and O–H groups in total. The highest BCUT2D eigenvalue weighted by Crippen LogP contribution is 2.27. The van der Waals surface area contributed by atoms with Gasteiger partial charge in [0, 0.05) is 19.0 Å². The van der Waals surface area contributed by atoms with Crippen LogP contribution < -0.4 is 5.32 Å². The van der Waals surface area contributed by atoms with E-state index >= 15 is 0 Å². The Labute approximate surface area is 123 Å². The van der Waals surface area contributed by atoms with Crippen molar-refractivity contribution in [3.8, 4) is 0 Å². The van der Waals surface area contributed by atoms with Gasteiger partial charge < -0.3 is 10.4 Å². The summed E-state index contributed by atoms with van der Waals surface area (Å²) in [5.41, 5.74) is 2.32. The van der Waals surface area contributed by atoms with Crippen molar-refractivity contribution in [1.29, 1.82) is 0 Å². The number of rotatable bonds is 6. The molecule has 21 heavy (non-hydrogen) atoms. The van der Waals surface area contributed by atoms with Crippen molar-refractivity contribution < 1.29 is 10.0 Å². The van der Waals surface area contributed by atoms with Crippen LogP contribution >= 0.6 is 0 Å². The summed E-state index contributed by atoms with van der Waals surface area (Å²) in [6.45, 7) is 2.07. The number of para-hydroxylation sites is 1. The van der Waals surface area contributed by atoms with E-state index in [2.05, 4.69) is 5.32 Å². The van der Waals surface area contributed by atoms with Crippen molar-refractivity contribution in [2.45, 2.75) is 19.4 Å². The molecular weight excluding hydrogens is 268 g/mol. The lowest BCUT2D eigenvalue weighted by molar-refractivity contribution is -0.384. The molecule has 2 aromatic rings. The largest absolute Gasteiger partial charge is 0.391 e. The lowest BCUT2D eigenvalue weighted by Gasteiger charge is -2.14. The topological polar surface area (TPSA) is 75.4 Å². The van der Waals surface area contributed by atoms with Crippen LogP contribution in [0.15, 0.2) is 48.5 Å². The number of nitro benzene ring substituents is 1. The third kappa shape index (κ3) is 4.03. The standard InChI is InChI=1S/C16H18N2O3/c1-12-6-5-9-15(18(20)21)16(12)17-11-14(19)10-13-7-3-2-4-8-13/h2-9,14,17,19H,10-11H2,1H3. The van der Waals surface area contributed by atoms with Gasteiger partial charge in [-0.3, -0.25) is 10.1 Å². The van der Waals surface area contributed by atoms with Crippen molar-refractivity contribution in [1.82, 2.24) is 0 Å². The molecule has 0 bridgehead atoms. The average Bonchev–Trinajstić information content (AvgIpc) is 2.46. The number of benzene rings is 2. The van der Waals surface area contributed by atoms with E-state index in [-0.39, 0.29) is 12.2 Å². The van der Waals surface area contributed by atoms with Gasteiger partial charge in [-0.2, -0.15) is 0 Å². The van der Waals surface area contributed by atoms with Crippen molar-refractivity contribution in [3.63, 3.8) is 0 Å². The Bertz CT molecular complexity index is 614. The number of nitrogens with zero attached hydrogens (tertiary/aromatic N) is 1. The van der Waals surface area contributed by atoms with E-state index in [0.29, 0.717) is 12.1 Å². The minimum atomic E-state index is -0.605. The fourth-order valence-corrected chi connectivity index (χ4v) is 2.21. The summed E-state index contributed by atoms with van der Waals surface area (Å²) in [6.07, 6.45) is -0.0975. The smallest absolute Gasteiger partial charge is 0.292 e. The van der Waals surface area contributed by atoms with E-state index in [1.165, 1.54) is 6.07 Å².